The summed E-state index contributed by atoms with van der Waals surface area (Å²) in [6.07, 6.45) is 1.78. The summed E-state index contributed by atoms with van der Waals surface area (Å²) in [6.45, 7) is 4.16. The lowest BCUT2D eigenvalue weighted by molar-refractivity contribution is -0.117. The van der Waals surface area contributed by atoms with Crippen LogP contribution >= 0.6 is 34.9 Å². The van der Waals surface area contributed by atoms with Crippen LogP contribution in [0.2, 0.25) is 0 Å². The van der Waals surface area contributed by atoms with E-state index in [2.05, 4.69) is 36.2 Å². The van der Waals surface area contributed by atoms with Gasteiger partial charge in [0, 0.05) is 23.5 Å². The molecule has 3 aromatic rings. The molecule has 2 aliphatic rings. The number of aromatic nitrogens is 2. The Labute approximate surface area is 205 Å². The number of thioether (sulfide) groups is 2. The molecule has 2 aliphatic heterocycles. The minimum Gasteiger partial charge on any atom is -0.308 e. The summed E-state index contributed by atoms with van der Waals surface area (Å²) in [5.74, 6) is 0.801. The normalized spacial score (nSPS) is 19.0. The van der Waals surface area contributed by atoms with E-state index in [1.807, 2.05) is 46.2 Å². The van der Waals surface area contributed by atoms with Gasteiger partial charge in [0.2, 0.25) is 11.8 Å². The first-order valence-electron chi connectivity index (χ1n) is 10.9. The lowest BCUT2D eigenvalue weighted by atomic mass is 10.1. The van der Waals surface area contributed by atoms with Gasteiger partial charge in [0.25, 0.3) is 0 Å². The van der Waals surface area contributed by atoms with Crippen molar-refractivity contribution in [2.75, 3.05) is 21.3 Å². The van der Waals surface area contributed by atoms with Crippen molar-refractivity contribution in [3.63, 3.8) is 0 Å². The topological polar surface area (TPSA) is 66.4 Å². The lowest BCUT2D eigenvalue weighted by Gasteiger charge is -2.22. The molecule has 0 radical (unpaired) electrons. The van der Waals surface area contributed by atoms with E-state index in [0.29, 0.717) is 11.5 Å². The SMILES string of the molecule is CC1Cc2ccccc2N1C(=O)CSc1nnc(SCC(=O)N2c3ccccc3CC2C)s1. The number of amides is 2. The minimum atomic E-state index is 0.0821. The Morgan fingerprint density at radius 1 is 0.818 bits per heavy atom. The molecule has 2 unspecified atom stereocenters. The first-order valence-corrected chi connectivity index (χ1v) is 13.7. The Morgan fingerprint density at radius 3 is 1.70 bits per heavy atom. The molecule has 170 valence electrons. The Hall–Kier alpha value is -2.36. The average molecular weight is 497 g/mol. The smallest absolute Gasteiger partial charge is 0.237 e. The molecule has 2 aromatic carbocycles. The molecule has 0 fully saturated rings. The highest BCUT2D eigenvalue weighted by molar-refractivity contribution is 8.03. The molecule has 0 bridgehead atoms. The Morgan fingerprint density at radius 2 is 1.24 bits per heavy atom. The van der Waals surface area contributed by atoms with Crippen molar-refractivity contribution in [1.82, 2.24) is 10.2 Å². The number of benzene rings is 2. The van der Waals surface area contributed by atoms with Gasteiger partial charge in [-0.05, 0) is 49.9 Å². The van der Waals surface area contributed by atoms with Crippen LogP contribution in [0.3, 0.4) is 0 Å². The third kappa shape index (κ3) is 4.54. The third-order valence-electron chi connectivity index (χ3n) is 5.98. The first kappa shape index (κ1) is 22.4. The van der Waals surface area contributed by atoms with Gasteiger partial charge in [0.05, 0.1) is 11.5 Å². The molecule has 9 heteroatoms. The minimum absolute atomic E-state index is 0.0821. The first-order chi connectivity index (χ1) is 16.0. The number of carbonyl (C=O) groups is 2. The van der Waals surface area contributed by atoms with E-state index in [1.165, 1.54) is 46.0 Å². The van der Waals surface area contributed by atoms with Crippen molar-refractivity contribution < 1.29 is 9.59 Å². The largest absolute Gasteiger partial charge is 0.308 e. The van der Waals surface area contributed by atoms with Crippen molar-refractivity contribution in [2.45, 2.75) is 47.5 Å². The van der Waals surface area contributed by atoms with Crippen LogP contribution < -0.4 is 9.80 Å². The second-order valence-corrected chi connectivity index (χ2v) is 11.7. The van der Waals surface area contributed by atoms with E-state index in [4.69, 9.17) is 0 Å². The standard InChI is InChI=1S/C24H24N4O2S3/c1-15-11-17-7-3-5-9-19(17)27(15)21(29)13-31-23-25-26-24(33-23)32-14-22(30)28-16(2)12-18-8-4-6-10-20(18)28/h3-10,15-16H,11-14H2,1-2H3. The number of hydrogen-bond acceptors (Lipinski definition) is 7. The molecular weight excluding hydrogens is 472 g/mol. The van der Waals surface area contributed by atoms with Gasteiger partial charge < -0.3 is 9.80 Å². The van der Waals surface area contributed by atoms with Gasteiger partial charge in [0.15, 0.2) is 8.68 Å². The number of para-hydroxylation sites is 2. The van der Waals surface area contributed by atoms with Crippen LogP contribution in [0.1, 0.15) is 25.0 Å². The summed E-state index contributed by atoms with van der Waals surface area (Å²) in [7, 11) is 0. The zero-order valence-electron chi connectivity index (χ0n) is 18.4. The van der Waals surface area contributed by atoms with E-state index in [1.54, 1.807) is 0 Å². The maximum absolute atomic E-state index is 12.9. The van der Waals surface area contributed by atoms with Crippen molar-refractivity contribution in [1.29, 1.82) is 0 Å². The molecule has 0 aliphatic carbocycles. The summed E-state index contributed by atoms with van der Waals surface area (Å²) < 4.78 is 1.50. The molecule has 6 nitrogen and oxygen atoms in total. The van der Waals surface area contributed by atoms with Crippen molar-refractivity contribution in [3.05, 3.63) is 59.7 Å². The van der Waals surface area contributed by atoms with Gasteiger partial charge in [-0.3, -0.25) is 9.59 Å². The Bertz CT molecular complexity index is 1110. The van der Waals surface area contributed by atoms with Crippen LogP contribution in [0.5, 0.6) is 0 Å². The van der Waals surface area contributed by atoms with Crippen LogP contribution in [-0.2, 0) is 22.4 Å². The highest BCUT2D eigenvalue weighted by Gasteiger charge is 2.31. The summed E-state index contributed by atoms with van der Waals surface area (Å²) in [5, 5.41) is 8.44. The number of carbonyl (C=O) groups excluding carboxylic acids is 2. The number of rotatable bonds is 6. The fraction of sp³-hybridized carbons (Fsp3) is 0.333. The average Bonchev–Trinajstić information content (AvgIpc) is 3.49. The van der Waals surface area contributed by atoms with Gasteiger partial charge in [-0.25, -0.2) is 0 Å². The second-order valence-electron chi connectivity index (χ2n) is 8.30. The van der Waals surface area contributed by atoms with E-state index in [-0.39, 0.29) is 23.9 Å². The molecule has 3 heterocycles. The number of anilines is 2. The monoisotopic (exact) mass is 496 g/mol. The Balaban J connectivity index is 1.15. The fourth-order valence-corrected chi connectivity index (χ4v) is 7.33. The van der Waals surface area contributed by atoms with Crippen molar-refractivity contribution in [3.8, 4) is 0 Å². The highest BCUT2D eigenvalue weighted by atomic mass is 32.2. The van der Waals surface area contributed by atoms with Crippen LogP contribution in [0.15, 0.2) is 57.2 Å². The van der Waals surface area contributed by atoms with Gasteiger partial charge in [0.1, 0.15) is 0 Å². The van der Waals surface area contributed by atoms with Gasteiger partial charge in [-0.2, -0.15) is 0 Å². The van der Waals surface area contributed by atoms with E-state index >= 15 is 0 Å². The van der Waals surface area contributed by atoms with E-state index in [9.17, 15) is 9.59 Å². The molecule has 2 atom stereocenters. The molecule has 0 saturated heterocycles. The molecule has 0 N–H and O–H groups in total. The van der Waals surface area contributed by atoms with E-state index < -0.39 is 0 Å². The number of fused-ring (bicyclic) bond motifs is 2. The van der Waals surface area contributed by atoms with Crippen LogP contribution in [0.4, 0.5) is 11.4 Å². The number of nitrogens with zero attached hydrogens (tertiary/aromatic N) is 4. The molecule has 1 aromatic heterocycles. The number of hydrogen-bond donors (Lipinski definition) is 0. The molecule has 2 amide bonds. The van der Waals surface area contributed by atoms with Gasteiger partial charge >= 0.3 is 0 Å². The highest BCUT2D eigenvalue weighted by Crippen LogP contribution is 2.35. The molecule has 0 saturated carbocycles. The van der Waals surface area contributed by atoms with Gasteiger partial charge in [-0.1, -0.05) is 71.3 Å². The third-order valence-corrected chi connectivity index (χ3v) is 9.14. The van der Waals surface area contributed by atoms with Crippen LogP contribution in [0.25, 0.3) is 0 Å². The fourth-order valence-electron chi connectivity index (χ4n) is 4.59. The van der Waals surface area contributed by atoms with Crippen molar-refractivity contribution >= 4 is 58.0 Å². The molecule has 5 rings (SSSR count). The lowest BCUT2D eigenvalue weighted by Crippen LogP contribution is -2.36. The quantitative estimate of drug-likeness (QED) is 0.462. The van der Waals surface area contributed by atoms with Crippen LogP contribution in [0, 0.1) is 0 Å². The zero-order chi connectivity index (χ0) is 22.9. The van der Waals surface area contributed by atoms with Crippen molar-refractivity contribution in [2.24, 2.45) is 0 Å². The van der Waals surface area contributed by atoms with E-state index in [0.717, 1.165) is 32.9 Å². The molecular formula is C24H24N4O2S3. The predicted molar refractivity (Wildman–Crippen MR) is 136 cm³/mol. The Kier molecular flexibility index (Phi) is 6.44. The summed E-state index contributed by atoms with van der Waals surface area (Å²) in [6, 6.07) is 16.5. The maximum atomic E-state index is 12.9. The zero-order valence-corrected chi connectivity index (χ0v) is 20.9. The van der Waals surface area contributed by atoms with Crippen LogP contribution in [-0.4, -0.2) is 45.6 Å². The predicted octanol–water partition coefficient (Wildman–Crippen LogP) is 4.68. The summed E-state index contributed by atoms with van der Waals surface area (Å²) in [5.41, 5.74) is 4.47. The van der Waals surface area contributed by atoms with Gasteiger partial charge in [-0.15, -0.1) is 10.2 Å². The second kappa shape index (κ2) is 9.48. The maximum Gasteiger partial charge on any atom is 0.237 e. The summed E-state index contributed by atoms with van der Waals surface area (Å²) >= 11 is 4.25. The molecule has 0 spiro atoms. The molecule has 33 heavy (non-hydrogen) atoms. The summed E-state index contributed by atoms with van der Waals surface area (Å²) in [4.78, 5) is 29.6.